The third-order valence-corrected chi connectivity index (χ3v) is 6.23. The van der Waals surface area contributed by atoms with E-state index in [1.54, 1.807) is 0 Å². The lowest BCUT2D eigenvalue weighted by Gasteiger charge is -2.43. The summed E-state index contributed by atoms with van der Waals surface area (Å²) in [5.74, 6) is 2.83. The standard InChI is InChI=1S/C19H36N2/c1-15(2)12-16-6-3-8-18(13-16)21-11-5-7-17(14-21)19-9-4-10-20-19/h15-20H,3-14H2,1-2H3. The zero-order valence-corrected chi connectivity index (χ0v) is 14.3. The maximum Gasteiger partial charge on any atom is 0.0108 e. The third-order valence-electron chi connectivity index (χ3n) is 6.23. The number of nitrogens with one attached hydrogen (secondary N) is 1. The normalized spacial score (nSPS) is 39.0. The molecule has 4 atom stereocenters. The molecule has 2 saturated heterocycles. The van der Waals surface area contributed by atoms with E-state index in [9.17, 15) is 0 Å². The molecule has 0 bridgehead atoms. The van der Waals surface area contributed by atoms with Crippen LogP contribution in [-0.4, -0.2) is 36.6 Å². The van der Waals surface area contributed by atoms with E-state index in [2.05, 4.69) is 24.1 Å². The fraction of sp³-hybridized carbons (Fsp3) is 1.00. The topological polar surface area (TPSA) is 15.3 Å². The molecule has 2 aliphatic heterocycles. The van der Waals surface area contributed by atoms with Crippen LogP contribution in [0.3, 0.4) is 0 Å². The van der Waals surface area contributed by atoms with E-state index in [-0.39, 0.29) is 0 Å². The summed E-state index contributed by atoms with van der Waals surface area (Å²) in [5.41, 5.74) is 0. The smallest absolute Gasteiger partial charge is 0.0108 e. The molecule has 0 amide bonds. The van der Waals surface area contributed by atoms with Crippen LogP contribution in [0, 0.1) is 17.8 Å². The van der Waals surface area contributed by atoms with Gasteiger partial charge in [-0.2, -0.15) is 0 Å². The van der Waals surface area contributed by atoms with Crippen LogP contribution < -0.4 is 5.32 Å². The van der Waals surface area contributed by atoms with E-state index in [0.717, 1.165) is 29.8 Å². The van der Waals surface area contributed by atoms with Gasteiger partial charge in [0.1, 0.15) is 0 Å². The summed E-state index contributed by atoms with van der Waals surface area (Å²) in [6, 6.07) is 1.74. The second-order valence-corrected chi connectivity index (χ2v) is 8.42. The summed E-state index contributed by atoms with van der Waals surface area (Å²) in [4.78, 5) is 2.89. The highest BCUT2D eigenvalue weighted by atomic mass is 15.2. The molecule has 2 heterocycles. The molecule has 3 rings (SSSR count). The van der Waals surface area contributed by atoms with Crippen LogP contribution >= 0.6 is 0 Å². The monoisotopic (exact) mass is 292 g/mol. The van der Waals surface area contributed by atoms with Gasteiger partial charge in [-0.25, -0.2) is 0 Å². The van der Waals surface area contributed by atoms with Crippen molar-refractivity contribution in [3.05, 3.63) is 0 Å². The van der Waals surface area contributed by atoms with Gasteiger partial charge in [-0.1, -0.05) is 26.7 Å². The molecule has 21 heavy (non-hydrogen) atoms. The molecule has 0 aromatic heterocycles. The van der Waals surface area contributed by atoms with E-state index in [0.29, 0.717) is 0 Å². The first-order chi connectivity index (χ1) is 10.2. The maximum atomic E-state index is 3.76. The van der Waals surface area contributed by atoms with Crippen LogP contribution in [0.5, 0.6) is 0 Å². The molecule has 1 saturated carbocycles. The number of nitrogens with zero attached hydrogens (tertiary/aromatic N) is 1. The summed E-state index contributed by atoms with van der Waals surface area (Å²) in [6.45, 7) is 8.82. The highest BCUT2D eigenvalue weighted by Crippen LogP contribution is 2.34. The Morgan fingerprint density at radius 3 is 2.71 bits per heavy atom. The molecule has 3 aliphatic rings. The molecule has 2 heteroatoms. The highest BCUT2D eigenvalue weighted by molar-refractivity contribution is 4.90. The first-order valence-electron chi connectivity index (χ1n) is 9.70. The second-order valence-electron chi connectivity index (χ2n) is 8.42. The Bertz CT molecular complexity index is 309. The molecular formula is C19H36N2. The van der Waals surface area contributed by atoms with Crippen molar-refractivity contribution in [3.8, 4) is 0 Å². The molecule has 1 N–H and O–H groups in total. The summed E-state index contributed by atoms with van der Waals surface area (Å²) >= 11 is 0. The van der Waals surface area contributed by atoms with Gasteiger partial charge < -0.3 is 10.2 Å². The third kappa shape index (κ3) is 4.22. The van der Waals surface area contributed by atoms with Gasteiger partial charge in [0.05, 0.1) is 0 Å². The van der Waals surface area contributed by atoms with Crippen molar-refractivity contribution in [2.24, 2.45) is 17.8 Å². The molecule has 2 nitrogen and oxygen atoms in total. The number of likely N-dealkylation sites (tertiary alicyclic amines) is 1. The molecular weight excluding hydrogens is 256 g/mol. The van der Waals surface area contributed by atoms with Gasteiger partial charge >= 0.3 is 0 Å². The Labute approximate surface area is 132 Å². The van der Waals surface area contributed by atoms with Crippen LogP contribution in [0.2, 0.25) is 0 Å². The van der Waals surface area contributed by atoms with Crippen molar-refractivity contribution in [2.45, 2.75) is 83.7 Å². The van der Waals surface area contributed by atoms with E-state index in [1.165, 1.54) is 77.4 Å². The molecule has 0 radical (unpaired) electrons. The average molecular weight is 293 g/mol. The van der Waals surface area contributed by atoms with E-state index in [1.807, 2.05) is 0 Å². The lowest BCUT2D eigenvalue weighted by Crippen LogP contribution is -2.48. The minimum Gasteiger partial charge on any atom is -0.314 e. The van der Waals surface area contributed by atoms with Gasteiger partial charge in [0.15, 0.2) is 0 Å². The van der Waals surface area contributed by atoms with Gasteiger partial charge in [0.25, 0.3) is 0 Å². The first-order valence-corrected chi connectivity index (χ1v) is 9.70. The van der Waals surface area contributed by atoms with Crippen molar-refractivity contribution in [1.82, 2.24) is 10.2 Å². The minimum atomic E-state index is 0.836. The second kappa shape index (κ2) is 7.46. The summed E-state index contributed by atoms with van der Waals surface area (Å²) < 4.78 is 0. The summed E-state index contributed by atoms with van der Waals surface area (Å²) in [6.07, 6.45) is 13.1. The zero-order chi connectivity index (χ0) is 14.7. The van der Waals surface area contributed by atoms with E-state index < -0.39 is 0 Å². The van der Waals surface area contributed by atoms with Crippen LogP contribution in [0.25, 0.3) is 0 Å². The molecule has 0 aromatic carbocycles. The Kier molecular flexibility index (Phi) is 5.61. The highest BCUT2D eigenvalue weighted by Gasteiger charge is 2.33. The number of hydrogen-bond acceptors (Lipinski definition) is 2. The lowest BCUT2D eigenvalue weighted by atomic mass is 9.79. The fourth-order valence-electron chi connectivity index (χ4n) is 5.29. The SMILES string of the molecule is CC(C)CC1CCCC(N2CCCC(C3CCCN3)C2)C1. The number of rotatable bonds is 4. The van der Waals surface area contributed by atoms with Gasteiger partial charge in [0.2, 0.25) is 0 Å². The van der Waals surface area contributed by atoms with Crippen LogP contribution in [0.1, 0.15) is 71.6 Å². The van der Waals surface area contributed by atoms with E-state index >= 15 is 0 Å². The Balaban J connectivity index is 1.52. The predicted octanol–water partition coefficient (Wildman–Crippen LogP) is 4.06. The minimum absolute atomic E-state index is 0.836. The number of hydrogen-bond donors (Lipinski definition) is 1. The Morgan fingerprint density at radius 1 is 1.05 bits per heavy atom. The van der Waals surface area contributed by atoms with Crippen molar-refractivity contribution < 1.29 is 0 Å². The largest absolute Gasteiger partial charge is 0.314 e. The molecule has 1 aliphatic carbocycles. The van der Waals surface area contributed by atoms with Crippen molar-refractivity contribution in [1.29, 1.82) is 0 Å². The maximum absolute atomic E-state index is 3.76. The molecule has 0 spiro atoms. The van der Waals surface area contributed by atoms with Crippen LogP contribution in [-0.2, 0) is 0 Å². The fourth-order valence-corrected chi connectivity index (χ4v) is 5.29. The van der Waals surface area contributed by atoms with Crippen molar-refractivity contribution in [2.75, 3.05) is 19.6 Å². The number of piperidine rings is 1. The average Bonchev–Trinajstić information content (AvgIpc) is 3.01. The first kappa shape index (κ1) is 15.8. The molecule has 4 unspecified atom stereocenters. The Hall–Kier alpha value is -0.0800. The van der Waals surface area contributed by atoms with Crippen LogP contribution in [0.15, 0.2) is 0 Å². The van der Waals surface area contributed by atoms with Gasteiger partial charge in [-0.15, -0.1) is 0 Å². The van der Waals surface area contributed by atoms with Crippen LogP contribution in [0.4, 0.5) is 0 Å². The van der Waals surface area contributed by atoms with E-state index in [4.69, 9.17) is 0 Å². The Morgan fingerprint density at radius 2 is 1.95 bits per heavy atom. The summed E-state index contributed by atoms with van der Waals surface area (Å²) in [7, 11) is 0. The van der Waals surface area contributed by atoms with Gasteiger partial charge in [0, 0.05) is 18.6 Å². The molecule has 122 valence electrons. The quantitative estimate of drug-likeness (QED) is 0.841. The van der Waals surface area contributed by atoms with Crippen molar-refractivity contribution in [3.63, 3.8) is 0 Å². The lowest BCUT2D eigenvalue weighted by molar-refractivity contribution is 0.0688. The van der Waals surface area contributed by atoms with Crippen molar-refractivity contribution >= 4 is 0 Å². The van der Waals surface area contributed by atoms with Gasteiger partial charge in [-0.3, -0.25) is 0 Å². The molecule has 0 aromatic rings. The predicted molar refractivity (Wildman–Crippen MR) is 90.5 cm³/mol. The molecule has 3 fully saturated rings. The van der Waals surface area contributed by atoms with Gasteiger partial charge in [-0.05, 0) is 75.8 Å². The zero-order valence-electron chi connectivity index (χ0n) is 14.3. The summed E-state index contributed by atoms with van der Waals surface area (Å²) in [5, 5.41) is 3.76.